The molecule has 2 rings (SSSR count). The average Bonchev–Trinajstić information content (AvgIpc) is 2.95. The number of hydrogen-bond donors (Lipinski definition) is 0. The number of rotatable bonds is 5. The Balaban J connectivity index is 2.44. The summed E-state index contributed by atoms with van der Waals surface area (Å²) in [6.07, 6.45) is 0.352. The zero-order valence-electron chi connectivity index (χ0n) is 11.1. The van der Waals surface area contributed by atoms with Crippen molar-refractivity contribution >= 4 is 11.5 Å². The predicted octanol–water partition coefficient (Wildman–Crippen LogP) is 3.46. The van der Waals surface area contributed by atoms with Crippen LogP contribution in [0.15, 0.2) is 34.7 Å². The van der Waals surface area contributed by atoms with Gasteiger partial charge in [0.25, 0.3) is 5.69 Å². The van der Waals surface area contributed by atoms with E-state index in [9.17, 15) is 14.9 Å². The summed E-state index contributed by atoms with van der Waals surface area (Å²) in [7, 11) is 1.42. The molecule has 1 aromatic carbocycles. The molecule has 0 saturated carbocycles. The normalized spacial score (nSPS) is 10.3. The maximum atomic E-state index is 11.5. The van der Waals surface area contributed by atoms with Gasteiger partial charge in [-0.15, -0.1) is 0 Å². The molecule has 6 nitrogen and oxygen atoms in total. The first-order valence-corrected chi connectivity index (χ1v) is 6.02. The molecule has 20 heavy (non-hydrogen) atoms. The van der Waals surface area contributed by atoms with E-state index in [0.29, 0.717) is 23.5 Å². The van der Waals surface area contributed by atoms with Crippen LogP contribution in [0.4, 0.5) is 5.69 Å². The molecular weight excluding hydrogens is 262 g/mol. The highest BCUT2D eigenvalue weighted by Gasteiger charge is 2.16. The van der Waals surface area contributed by atoms with Crippen LogP contribution in [0, 0.1) is 10.1 Å². The first-order valence-electron chi connectivity index (χ1n) is 6.02. The molecule has 0 atom stereocenters. The molecule has 0 radical (unpaired) electrons. The molecule has 0 aliphatic rings. The molecule has 0 N–H and O–H groups in total. The number of nitro benzene ring substituents is 1. The fraction of sp³-hybridized carbons (Fsp3) is 0.214. The van der Waals surface area contributed by atoms with Gasteiger partial charge in [-0.3, -0.25) is 14.9 Å². The van der Waals surface area contributed by atoms with E-state index in [1.54, 1.807) is 19.1 Å². The predicted molar refractivity (Wildman–Crippen MR) is 72.0 cm³/mol. The van der Waals surface area contributed by atoms with Gasteiger partial charge >= 0.3 is 0 Å². The van der Waals surface area contributed by atoms with Crippen LogP contribution in [-0.2, 0) is 0 Å². The molecule has 104 valence electrons. The summed E-state index contributed by atoms with van der Waals surface area (Å²) in [6, 6.07) is 7.45. The molecule has 0 fully saturated rings. The van der Waals surface area contributed by atoms with Crippen molar-refractivity contribution in [2.45, 2.75) is 13.3 Å². The van der Waals surface area contributed by atoms with Crippen LogP contribution in [-0.4, -0.2) is 17.8 Å². The van der Waals surface area contributed by atoms with Gasteiger partial charge in [-0.2, -0.15) is 0 Å². The highest BCUT2D eigenvalue weighted by atomic mass is 16.6. The van der Waals surface area contributed by atoms with Gasteiger partial charge in [0.05, 0.1) is 23.7 Å². The van der Waals surface area contributed by atoms with E-state index < -0.39 is 4.92 Å². The third-order valence-electron chi connectivity index (χ3n) is 2.86. The van der Waals surface area contributed by atoms with Crippen molar-refractivity contribution in [3.8, 4) is 17.1 Å². The molecule has 0 saturated heterocycles. The Morgan fingerprint density at radius 1 is 1.35 bits per heavy atom. The third kappa shape index (κ3) is 2.54. The molecule has 0 amide bonds. The van der Waals surface area contributed by atoms with E-state index in [4.69, 9.17) is 9.15 Å². The summed E-state index contributed by atoms with van der Waals surface area (Å²) in [4.78, 5) is 21.8. The summed E-state index contributed by atoms with van der Waals surface area (Å²) in [5, 5.41) is 10.7. The standard InChI is InChI=1S/C14H13NO5/c1-3-11(16)13-7-6-12(20-13)10-5-4-9(15(17)18)8-14(10)19-2/h4-8H,3H2,1-2H3. The maximum absolute atomic E-state index is 11.5. The molecule has 0 aliphatic carbocycles. The number of methoxy groups -OCH3 is 1. The quantitative estimate of drug-likeness (QED) is 0.474. The second-order valence-electron chi connectivity index (χ2n) is 4.08. The number of ether oxygens (including phenoxy) is 1. The van der Waals surface area contributed by atoms with E-state index in [1.807, 2.05) is 0 Å². The zero-order valence-corrected chi connectivity index (χ0v) is 11.1. The van der Waals surface area contributed by atoms with Crippen molar-refractivity contribution in [1.29, 1.82) is 0 Å². The molecule has 0 aliphatic heterocycles. The number of nitro groups is 1. The lowest BCUT2D eigenvalue weighted by Crippen LogP contribution is -1.93. The van der Waals surface area contributed by atoms with Crippen molar-refractivity contribution in [2.75, 3.05) is 7.11 Å². The van der Waals surface area contributed by atoms with Gasteiger partial charge in [0.15, 0.2) is 11.5 Å². The molecule has 2 aromatic rings. The summed E-state index contributed by atoms with van der Waals surface area (Å²) >= 11 is 0. The number of carbonyl (C=O) groups is 1. The Morgan fingerprint density at radius 2 is 2.10 bits per heavy atom. The number of benzene rings is 1. The number of Topliss-reactive ketones (excluding diaryl/α,β-unsaturated/α-hetero) is 1. The highest BCUT2D eigenvalue weighted by Crippen LogP contribution is 2.34. The Hall–Kier alpha value is -2.63. The number of furan rings is 1. The minimum atomic E-state index is -0.500. The summed E-state index contributed by atoms with van der Waals surface area (Å²) in [6.45, 7) is 1.75. The molecule has 0 bridgehead atoms. The topological polar surface area (TPSA) is 82.6 Å². The number of carbonyl (C=O) groups excluding carboxylic acids is 1. The second kappa shape index (κ2) is 5.56. The Bertz CT molecular complexity index is 659. The molecule has 6 heteroatoms. The largest absolute Gasteiger partial charge is 0.496 e. The van der Waals surface area contributed by atoms with Crippen molar-refractivity contribution in [3.63, 3.8) is 0 Å². The summed E-state index contributed by atoms with van der Waals surface area (Å²) in [5.74, 6) is 0.928. The fourth-order valence-corrected chi connectivity index (χ4v) is 1.80. The fourth-order valence-electron chi connectivity index (χ4n) is 1.80. The van der Waals surface area contributed by atoms with Crippen LogP contribution in [0.25, 0.3) is 11.3 Å². The van der Waals surface area contributed by atoms with Crippen LogP contribution >= 0.6 is 0 Å². The third-order valence-corrected chi connectivity index (χ3v) is 2.86. The van der Waals surface area contributed by atoms with Gasteiger partial charge in [0, 0.05) is 12.5 Å². The maximum Gasteiger partial charge on any atom is 0.273 e. The van der Waals surface area contributed by atoms with Crippen LogP contribution in [0.3, 0.4) is 0 Å². The van der Waals surface area contributed by atoms with E-state index >= 15 is 0 Å². The Morgan fingerprint density at radius 3 is 2.70 bits per heavy atom. The molecule has 1 heterocycles. The zero-order chi connectivity index (χ0) is 14.7. The lowest BCUT2D eigenvalue weighted by atomic mass is 10.1. The van der Waals surface area contributed by atoms with Crippen molar-refractivity contribution in [2.24, 2.45) is 0 Å². The smallest absolute Gasteiger partial charge is 0.273 e. The number of non-ortho nitro benzene ring substituents is 1. The number of nitrogens with zero attached hydrogens (tertiary/aromatic N) is 1. The lowest BCUT2D eigenvalue weighted by molar-refractivity contribution is -0.384. The van der Waals surface area contributed by atoms with Crippen molar-refractivity contribution < 1.29 is 18.9 Å². The monoisotopic (exact) mass is 275 g/mol. The van der Waals surface area contributed by atoms with E-state index in [0.717, 1.165) is 0 Å². The lowest BCUT2D eigenvalue weighted by Gasteiger charge is -2.05. The van der Waals surface area contributed by atoms with E-state index in [1.165, 1.54) is 25.3 Å². The van der Waals surface area contributed by atoms with Crippen LogP contribution in [0.2, 0.25) is 0 Å². The van der Waals surface area contributed by atoms with Crippen molar-refractivity contribution in [3.05, 3.63) is 46.2 Å². The molecule has 0 spiro atoms. The molecular formula is C14H13NO5. The minimum absolute atomic E-state index is 0.0676. The van der Waals surface area contributed by atoms with E-state index in [-0.39, 0.29) is 17.2 Å². The van der Waals surface area contributed by atoms with E-state index in [2.05, 4.69) is 0 Å². The van der Waals surface area contributed by atoms with Gasteiger partial charge in [0.1, 0.15) is 11.5 Å². The van der Waals surface area contributed by atoms with Crippen LogP contribution in [0.1, 0.15) is 23.9 Å². The Labute approximate surface area is 115 Å². The number of ketones is 1. The first kappa shape index (κ1) is 13.8. The molecule has 0 unspecified atom stereocenters. The van der Waals surface area contributed by atoms with Gasteiger partial charge in [0.2, 0.25) is 0 Å². The van der Waals surface area contributed by atoms with Crippen molar-refractivity contribution in [1.82, 2.24) is 0 Å². The average molecular weight is 275 g/mol. The van der Waals surface area contributed by atoms with Crippen LogP contribution < -0.4 is 4.74 Å². The van der Waals surface area contributed by atoms with Gasteiger partial charge in [-0.25, -0.2) is 0 Å². The summed E-state index contributed by atoms with van der Waals surface area (Å²) in [5.41, 5.74) is 0.496. The number of hydrogen-bond acceptors (Lipinski definition) is 5. The Kier molecular flexibility index (Phi) is 3.84. The SMILES string of the molecule is CCC(=O)c1ccc(-c2ccc([N+](=O)[O-])cc2OC)o1. The van der Waals surface area contributed by atoms with Gasteiger partial charge < -0.3 is 9.15 Å². The highest BCUT2D eigenvalue weighted by molar-refractivity contribution is 5.93. The second-order valence-corrected chi connectivity index (χ2v) is 4.08. The first-order chi connectivity index (χ1) is 9.56. The molecule has 1 aromatic heterocycles. The van der Waals surface area contributed by atoms with Gasteiger partial charge in [-0.1, -0.05) is 6.92 Å². The minimum Gasteiger partial charge on any atom is -0.496 e. The van der Waals surface area contributed by atoms with Gasteiger partial charge in [-0.05, 0) is 18.2 Å². The summed E-state index contributed by atoms with van der Waals surface area (Å²) < 4.78 is 10.6. The van der Waals surface area contributed by atoms with Crippen LogP contribution in [0.5, 0.6) is 5.75 Å².